The highest BCUT2D eigenvalue weighted by Gasteiger charge is 2.23. The average Bonchev–Trinajstić information content (AvgIpc) is 2.56. The van der Waals surface area contributed by atoms with Crippen LogP contribution >= 0.6 is 0 Å². The molecule has 1 unspecified atom stereocenters. The van der Waals surface area contributed by atoms with Crippen LogP contribution in [0, 0.1) is 5.92 Å². The molecule has 1 aromatic rings. The van der Waals surface area contributed by atoms with E-state index in [0.717, 1.165) is 44.7 Å². The van der Waals surface area contributed by atoms with Crippen molar-refractivity contribution in [2.75, 3.05) is 40.5 Å². The van der Waals surface area contributed by atoms with Crippen LogP contribution in [0.1, 0.15) is 18.4 Å². The van der Waals surface area contributed by atoms with Crippen molar-refractivity contribution in [3.05, 3.63) is 29.8 Å². The lowest BCUT2D eigenvalue weighted by molar-refractivity contribution is 0.100. The van der Waals surface area contributed by atoms with Gasteiger partial charge in [-0.1, -0.05) is 12.1 Å². The Labute approximate surface area is 132 Å². The number of rotatable bonds is 6. The Bertz CT molecular complexity index is 459. The number of carbonyl (C=O) groups is 1. The molecule has 2 rings (SSSR count). The third kappa shape index (κ3) is 4.91. The van der Waals surface area contributed by atoms with Gasteiger partial charge in [-0.15, -0.1) is 0 Å². The number of hydrogen-bond acceptors (Lipinski definition) is 3. The predicted molar refractivity (Wildman–Crippen MR) is 86.3 cm³/mol. The number of nitrogens with zero attached hydrogens (tertiary/aromatic N) is 1. The van der Waals surface area contributed by atoms with E-state index in [2.05, 4.69) is 5.32 Å². The molecule has 1 aliphatic heterocycles. The quantitative estimate of drug-likeness (QED) is 0.877. The first kappa shape index (κ1) is 16.6. The molecule has 0 bridgehead atoms. The van der Waals surface area contributed by atoms with Crippen molar-refractivity contribution in [1.29, 1.82) is 0 Å². The van der Waals surface area contributed by atoms with Gasteiger partial charge in [-0.2, -0.15) is 0 Å². The molecule has 1 aliphatic rings. The molecule has 0 saturated carbocycles. The molecule has 0 radical (unpaired) electrons. The maximum atomic E-state index is 12.2. The van der Waals surface area contributed by atoms with Gasteiger partial charge in [-0.05, 0) is 37.0 Å². The van der Waals surface area contributed by atoms with Crippen LogP contribution in [0.15, 0.2) is 24.3 Å². The van der Waals surface area contributed by atoms with Crippen molar-refractivity contribution >= 4 is 6.03 Å². The van der Waals surface area contributed by atoms with Crippen LogP contribution in [0.5, 0.6) is 5.75 Å². The zero-order chi connectivity index (χ0) is 15.8. The Morgan fingerprint density at radius 1 is 1.32 bits per heavy atom. The molecule has 1 saturated heterocycles. The van der Waals surface area contributed by atoms with Gasteiger partial charge < -0.3 is 19.7 Å². The number of hydrogen-bond donors (Lipinski definition) is 1. The minimum atomic E-state index is 0.0364. The van der Waals surface area contributed by atoms with Crippen LogP contribution in [0.4, 0.5) is 4.79 Å². The van der Waals surface area contributed by atoms with Crippen molar-refractivity contribution in [2.45, 2.75) is 19.3 Å². The summed E-state index contributed by atoms with van der Waals surface area (Å²) >= 11 is 0. The van der Waals surface area contributed by atoms with Crippen LogP contribution in [-0.2, 0) is 11.2 Å². The Kier molecular flexibility index (Phi) is 6.52. The largest absolute Gasteiger partial charge is 0.497 e. The highest BCUT2D eigenvalue weighted by Crippen LogP contribution is 2.16. The highest BCUT2D eigenvalue weighted by atomic mass is 16.5. The van der Waals surface area contributed by atoms with Crippen molar-refractivity contribution in [2.24, 2.45) is 5.92 Å². The average molecular weight is 306 g/mol. The topological polar surface area (TPSA) is 50.8 Å². The van der Waals surface area contributed by atoms with Crippen LogP contribution in [0.2, 0.25) is 0 Å². The minimum Gasteiger partial charge on any atom is -0.497 e. The fraction of sp³-hybridized carbons (Fsp3) is 0.588. The zero-order valence-corrected chi connectivity index (χ0v) is 13.5. The summed E-state index contributed by atoms with van der Waals surface area (Å²) < 4.78 is 10.3. The Hall–Kier alpha value is -1.75. The monoisotopic (exact) mass is 306 g/mol. The Morgan fingerprint density at radius 2 is 2.09 bits per heavy atom. The first-order valence-electron chi connectivity index (χ1n) is 7.87. The van der Waals surface area contributed by atoms with Crippen LogP contribution in [-0.4, -0.2) is 51.4 Å². The van der Waals surface area contributed by atoms with Crippen molar-refractivity contribution in [1.82, 2.24) is 10.2 Å². The minimum absolute atomic E-state index is 0.0364. The van der Waals surface area contributed by atoms with Gasteiger partial charge >= 0.3 is 6.03 Å². The number of piperidine rings is 1. The molecular weight excluding hydrogens is 280 g/mol. The molecule has 1 atom stereocenters. The molecular formula is C17H26N2O3. The molecule has 0 aliphatic carbocycles. The molecule has 2 amide bonds. The number of nitrogens with one attached hydrogen (secondary N) is 1. The third-order valence-corrected chi connectivity index (χ3v) is 4.06. The Balaban J connectivity index is 1.72. The second-order valence-electron chi connectivity index (χ2n) is 5.74. The summed E-state index contributed by atoms with van der Waals surface area (Å²) in [6, 6.07) is 7.98. The second kappa shape index (κ2) is 8.63. The summed E-state index contributed by atoms with van der Waals surface area (Å²) in [5, 5.41) is 3.01. The van der Waals surface area contributed by atoms with E-state index in [-0.39, 0.29) is 6.03 Å². The standard InChI is InChI=1S/C17H26N2O3/c1-21-13-15-4-3-11-19(12-15)17(20)18-10-9-14-5-7-16(22-2)8-6-14/h5-8,15H,3-4,9-13H2,1-2H3,(H,18,20). The smallest absolute Gasteiger partial charge is 0.317 e. The first-order valence-corrected chi connectivity index (χ1v) is 7.87. The number of carbonyl (C=O) groups excluding carboxylic acids is 1. The maximum absolute atomic E-state index is 12.2. The third-order valence-electron chi connectivity index (χ3n) is 4.06. The molecule has 22 heavy (non-hydrogen) atoms. The lowest BCUT2D eigenvalue weighted by Crippen LogP contribution is -2.46. The highest BCUT2D eigenvalue weighted by molar-refractivity contribution is 5.74. The zero-order valence-electron chi connectivity index (χ0n) is 13.5. The number of urea groups is 1. The molecule has 5 nitrogen and oxygen atoms in total. The van der Waals surface area contributed by atoms with E-state index in [1.807, 2.05) is 29.2 Å². The molecule has 122 valence electrons. The lowest BCUT2D eigenvalue weighted by atomic mass is 9.99. The summed E-state index contributed by atoms with van der Waals surface area (Å²) in [6.07, 6.45) is 3.02. The van der Waals surface area contributed by atoms with Gasteiger partial charge in [0.25, 0.3) is 0 Å². The number of amides is 2. The van der Waals surface area contributed by atoms with Gasteiger partial charge in [0.2, 0.25) is 0 Å². The van der Waals surface area contributed by atoms with E-state index in [4.69, 9.17) is 9.47 Å². The molecule has 1 heterocycles. The number of methoxy groups -OCH3 is 2. The van der Waals surface area contributed by atoms with E-state index in [9.17, 15) is 4.79 Å². The van der Waals surface area contributed by atoms with Gasteiger partial charge in [-0.3, -0.25) is 0 Å². The number of benzene rings is 1. The van der Waals surface area contributed by atoms with E-state index in [0.29, 0.717) is 12.5 Å². The van der Waals surface area contributed by atoms with Gasteiger partial charge in [0.15, 0.2) is 0 Å². The van der Waals surface area contributed by atoms with Crippen molar-refractivity contribution < 1.29 is 14.3 Å². The molecule has 1 aromatic carbocycles. The SMILES string of the molecule is COCC1CCCN(C(=O)NCCc2ccc(OC)cc2)C1. The normalized spacial score (nSPS) is 18.1. The van der Waals surface area contributed by atoms with E-state index >= 15 is 0 Å². The van der Waals surface area contributed by atoms with Crippen LogP contribution in [0.25, 0.3) is 0 Å². The van der Waals surface area contributed by atoms with Gasteiger partial charge in [0.05, 0.1) is 13.7 Å². The molecule has 0 aromatic heterocycles. The summed E-state index contributed by atoms with van der Waals surface area (Å²) in [5.74, 6) is 1.32. The second-order valence-corrected chi connectivity index (χ2v) is 5.74. The summed E-state index contributed by atoms with van der Waals surface area (Å²) in [6.45, 7) is 3.02. The summed E-state index contributed by atoms with van der Waals surface area (Å²) in [7, 11) is 3.37. The summed E-state index contributed by atoms with van der Waals surface area (Å²) in [5.41, 5.74) is 1.19. The molecule has 5 heteroatoms. The van der Waals surface area contributed by atoms with Crippen molar-refractivity contribution in [3.8, 4) is 5.75 Å². The predicted octanol–water partition coefficient (Wildman–Crippen LogP) is 2.31. The van der Waals surface area contributed by atoms with Crippen molar-refractivity contribution in [3.63, 3.8) is 0 Å². The fourth-order valence-corrected chi connectivity index (χ4v) is 2.84. The van der Waals surface area contributed by atoms with Crippen LogP contribution < -0.4 is 10.1 Å². The Morgan fingerprint density at radius 3 is 2.77 bits per heavy atom. The number of likely N-dealkylation sites (tertiary alicyclic amines) is 1. The van der Waals surface area contributed by atoms with Gasteiger partial charge in [-0.25, -0.2) is 4.79 Å². The van der Waals surface area contributed by atoms with Gasteiger partial charge in [0, 0.05) is 32.7 Å². The van der Waals surface area contributed by atoms with E-state index in [1.165, 1.54) is 5.56 Å². The molecule has 0 spiro atoms. The number of ether oxygens (including phenoxy) is 2. The summed E-state index contributed by atoms with van der Waals surface area (Å²) in [4.78, 5) is 14.1. The van der Waals surface area contributed by atoms with Gasteiger partial charge in [0.1, 0.15) is 5.75 Å². The van der Waals surface area contributed by atoms with Crippen LogP contribution in [0.3, 0.4) is 0 Å². The lowest BCUT2D eigenvalue weighted by Gasteiger charge is -2.32. The van der Waals surface area contributed by atoms with E-state index in [1.54, 1.807) is 14.2 Å². The fourth-order valence-electron chi connectivity index (χ4n) is 2.84. The van der Waals surface area contributed by atoms with E-state index < -0.39 is 0 Å². The maximum Gasteiger partial charge on any atom is 0.317 e. The first-order chi connectivity index (χ1) is 10.7. The molecule has 1 fully saturated rings. The molecule has 1 N–H and O–H groups in total.